The third-order valence-corrected chi connectivity index (χ3v) is 5.98. The Morgan fingerprint density at radius 2 is 2.00 bits per heavy atom. The summed E-state index contributed by atoms with van der Waals surface area (Å²) in [4.78, 5) is 17.3. The van der Waals surface area contributed by atoms with Gasteiger partial charge in [-0.3, -0.25) is 9.69 Å². The second-order valence-corrected chi connectivity index (χ2v) is 7.47. The quantitative estimate of drug-likeness (QED) is 0.820. The zero-order valence-electron chi connectivity index (χ0n) is 15.4. The van der Waals surface area contributed by atoms with Gasteiger partial charge in [-0.25, -0.2) is 4.39 Å². The Hall–Kier alpha value is -1.46. The second-order valence-electron chi connectivity index (χ2n) is 7.47. The number of likely N-dealkylation sites (tertiary alicyclic amines) is 2. The van der Waals surface area contributed by atoms with Gasteiger partial charge in [0.2, 0.25) is 5.91 Å². The molecule has 2 aliphatic heterocycles. The van der Waals surface area contributed by atoms with E-state index < -0.39 is 0 Å². The molecule has 2 saturated heterocycles. The van der Waals surface area contributed by atoms with E-state index in [0.29, 0.717) is 19.1 Å². The number of carbonyl (C=O) groups excluding carboxylic acids is 1. The molecule has 1 aromatic rings. The number of rotatable bonds is 5. The van der Waals surface area contributed by atoms with E-state index in [-0.39, 0.29) is 11.2 Å². The number of benzene rings is 1. The molecule has 1 aromatic carbocycles. The van der Waals surface area contributed by atoms with E-state index in [9.17, 15) is 9.18 Å². The summed E-state index contributed by atoms with van der Waals surface area (Å²) in [7, 11) is 1.67. The summed E-state index contributed by atoms with van der Waals surface area (Å²) in [5.41, 5.74) is 1.61. The number of halogens is 1. The van der Waals surface area contributed by atoms with E-state index >= 15 is 0 Å². The highest BCUT2D eigenvalue weighted by atomic mass is 19.1. The van der Waals surface area contributed by atoms with E-state index in [4.69, 9.17) is 4.74 Å². The molecule has 0 unspecified atom stereocenters. The SMILES string of the molecule is COCCN1CC[C@]2(CCCN(Cc3cccc(F)c3C)CC2)C1=O. The minimum Gasteiger partial charge on any atom is -0.383 e. The standard InChI is InChI=1S/C20H29FN2O2/c1-16-17(5-3-6-18(16)21)15-22-10-4-7-20(8-11-22)9-12-23(19(20)24)13-14-25-2/h3,5-6H,4,7-15H2,1-2H3/t20-/m1/s1. The fourth-order valence-electron chi connectivity index (χ4n) is 4.24. The van der Waals surface area contributed by atoms with Gasteiger partial charge in [-0.15, -0.1) is 0 Å². The molecule has 0 bridgehead atoms. The van der Waals surface area contributed by atoms with Gasteiger partial charge in [-0.1, -0.05) is 12.1 Å². The summed E-state index contributed by atoms with van der Waals surface area (Å²) in [6.45, 7) is 6.64. The highest BCUT2D eigenvalue weighted by molar-refractivity contribution is 5.84. The fraction of sp³-hybridized carbons (Fsp3) is 0.650. The van der Waals surface area contributed by atoms with Crippen LogP contribution in [0.25, 0.3) is 0 Å². The number of hydrogen-bond acceptors (Lipinski definition) is 3. The molecule has 4 nitrogen and oxygen atoms in total. The summed E-state index contributed by atoms with van der Waals surface area (Å²) in [6, 6.07) is 5.31. The topological polar surface area (TPSA) is 32.8 Å². The van der Waals surface area contributed by atoms with Crippen LogP contribution in [0, 0.1) is 18.2 Å². The van der Waals surface area contributed by atoms with Crippen molar-refractivity contribution in [1.82, 2.24) is 9.80 Å². The molecule has 0 aromatic heterocycles. The molecule has 5 heteroatoms. The van der Waals surface area contributed by atoms with Crippen LogP contribution in [-0.2, 0) is 16.1 Å². The maximum absolute atomic E-state index is 13.8. The summed E-state index contributed by atoms with van der Waals surface area (Å²) in [5, 5.41) is 0. The first-order valence-electron chi connectivity index (χ1n) is 9.30. The average Bonchev–Trinajstić information content (AvgIpc) is 2.78. The lowest BCUT2D eigenvalue weighted by Crippen LogP contribution is -2.37. The zero-order valence-corrected chi connectivity index (χ0v) is 15.4. The van der Waals surface area contributed by atoms with Crippen LogP contribution in [0.1, 0.15) is 36.8 Å². The Labute approximate surface area is 149 Å². The van der Waals surface area contributed by atoms with Crippen LogP contribution < -0.4 is 0 Å². The molecule has 2 heterocycles. The maximum atomic E-state index is 13.8. The first-order chi connectivity index (χ1) is 12.1. The van der Waals surface area contributed by atoms with Crippen molar-refractivity contribution in [3.63, 3.8) is 0 Å². The molecule has 25 heavy (non-hydrogen) atoms. The van der Waals surface area contributed by atoms with Gasteiger partial charge in [0.15, 0.2) is 0 Å². The normalized spacial score (nSPS) is 24.9. The Balaban J connectivity index is 1.63. The van der Waals surface area contributed by atoms with Crippen molar-refractivity contribution >= 4 is 5.91 Å². The van der Waals surface area contributed by atoms with Crippen LogP contribution in [0.2, 0.25) is 0 Å². The predicted octanol–water partition coefficient (Wildman–Crippen LogP) is 2.99. The molecule has 138 valence electrons. The van der Waals surface area contributed by atoms with E-state index in [1.807, 2.05) is 17.9 Å². The molecule has 3 rings (SSSR count). The smallest absolute Gasteiger partial charge is 0.228 e. The van der Waals surface area contributed by atoms with Gasteiger partial charge in [0.1, 0.15) is 5.82 Å². The molecule has 1 spiro atoms. The van der Waals surface area contributed by atoms with Crippen LogP contribution in [0.3, 0.4) is 0 Å². The lowest BCUT2D eigenvalue weighted by molar-refractivity contribution is -0.137. The van der Waals surface area contributed by atoms with Crippen LogP contribution in [0.15, 0.2) is 18.2 Å². The first kappa shape index (κ1) is 18.3. The van der Waals surface area contributed by atoms with Gasteiger partial charge < -0.3 is 9.64 Å². The molecular weight excluding hydrogens is 319 g/mol. The Bertz CT molecular complexity index is 622. The molecule has 1 amide bonds. The minimum atomic E-state index is -0.181. The second kappa shape index (κ2) is 7.83. The van der Waals surface area contributed by atoms with Gasteiger partial charge >= 0.3 is 0 Å². The monoisotopic (exact) mass is 348 g/mol. The van der Waals surface area contributed by atoms with Gasteiger partial charge in [0, 0.05) is 26.7 Å². The van der Waals surface area contributed by atoms with E-state index in [2.05, 4.69) is 4.90 Å². The number of carbonyl (C=O) groups is 1. The van der Waals surface area contributed by atoms with Crippen LogP contribution in [0.5, 0.6) is 0 Å². The number of amides is 1. The first-order valence-corrected chi connectivity index (χ1v) is 9.30. The molecule has 2 fully saturated rings. The molecule has 0 aliphatic carbocycles. The molecule has 1 atom stereocenters. The van der Waals surface area contributed by atoms with Crippen molar-refractivity contribution in [1.29, 1.82) is 0 Å². The summed E-state index contributed by atoms with van der Waals surface area (Å²) < 4.78 is 18.9. The minimum absolute atomic E-state index is 0.136. The van der Waals surface area contributed by atoms with Crippen molar-refractivity contribution in [2.45, 2.75) is 39.2 Å². The maximum Gasteiger partial charge on any atom is 0.228 e. The number of methoxy groups -OCH3 is 1. The number of nitrogens with zero attached hydrogens (tertiary/aromatic N) is 2. The van der Waals surface area contributed by atoms with Gasteiger partial charge in [-0.05, 0) is 62.9 Å². The predicted molar refractivity (Wildman–Crippen MR) is 95.8 cm³/mol. The van der Waals surface area contributed by atoms with Crippen molar-refractivity contribution in [3.8, 4) is 0 Å². The van der Waals surface area contributed by atoms with Crippen molar-refractivity contribution in [2.24, 2.45) is 5.41 Å². The molecule has 0 radical (unpaired) electrons. The third kappa shape index (κ3) is 3.87. The van der Waals surface area contributed by atoms with Crippen LogP contribution >= 0.6 is 0 Å². The summed E-state index contributed by atoms with van der Waals surface area (Å²) in [5.74, 6) is 0.178. The highest BCUT2D eigenvalue weighted by Gasteiger charge is 2.46. The number of hydrogen-bond donors (Lipinski definition) is 0. The lowest BCUT2D eigenvalue weighted by atomic mass is 9.79. The fourth-order valence-corrected chi connectivity index (χ4v) is 4.24. The van der Waals surface area contributed by atoms with E-state index in [1.54, 1.807) is 13.2 Å². The van der Waals surface area contributed by atoms with Gasteiger partial charge in [0.05, 0.1) is 12.0 Å². The van der Waals surface area contributed by atoms with Crippen LogP contribution in [-0.4, -0.2) is 55.6 Å². The van der Waals surface area contributed by atoms with Crippen molar-refractivity contribution in [3.05, 3.63) is 35.1 Å². The highest BCUT2D eigenvalue weighted by Crippen LogP contribution is 2.41. The van der Waals surface area contributed by atoms with Crippen molar-refractivity contribution in [2.75, 3.05) is 39.9 Å². The Kier molecular flexibility index (Phi) is 5.74. The Morgan fingerprint density at radius 1 is 1.20 bits per heavy atom. The van der Waals surface area contributed by atoms with Crippen molar-refractivity contribution < 1.29 is 13.9 Å². The largest absolute Gasteiger partial charge is 0.383 e. The lowest BCUT2D eigenvalue weighted by Gasteiger charge is -2.27. The summed E-state index contributed by atoms with van der Waals surface area (Å²) in [6.07, 6.45) is 3.86. The molecule has 0 N–H and O–H groups in total. The average molecular weight is 348 g/mol. The summed E-state index contributed by atoms with van der Waals surface area (Å²) >= 11 is 0. The third-order valence-electron chi connectivity index (χ3n) is 5.98. The zero-order chi connectivity index (χ0) is 17.9. The van der Waals surface area contributed by atoms with E-state index in [0.717, 1.165) is 63.0 Å². The van der Waals surface area contributed by atoms with Gasteiger partial charge in [-0.2, -0.15) is 0 Å². The van der Waals surface area contributed by atoms with E-state index in [1.165, 1.54) is 6.07 Å². The Morgan fingerprint density at radius 3 is 2.80 bits per heavy atom. The molecule has 2 aliphatic rings. The van der Waals surface area contributed by atoms with Gasteiger partial charge in [0.25, 0.3) is 0 Å². The molecular formula is C20H29FN2O2. The van der Waals surface area contributed by atoms with Crippen LogP contribution in [0.4, 0.5) is 4.39 Å². The number of ether oxygens (including phenoxy) is 1. The molecule has 0 saturated carbocycles.